The van der Waals surface area contributed by atoms with Crippen LogP contribution in [0.2, 0.25) is 5.02 Å². The number of nitrogens with zero attached hydrogens (tertiary/aromatic N) is 3. The summed E-state index contributed by atoms with van der Waals surface area (Å²) in [5, 5.41) is 13.6. The molecular formula is C31H23BClN5O. The van der Waals surface area contributed by atoms with E-state index in [-0.39, 0.29) is 5.91 Å². The van der Waals surface area contributed by atoms with Gasteiger partial charge in [0.25, 0.3) is 5.91 Å². The fraction of sp³-hybridized carbons (Fsp3) is 0.0645. The molecule has 0 atom stereocenters. The van der Waals surface area contributed by atoms with E-state index in [1.807, 2.05) is 97.1 Å². The predicted octanol–water partition coefficient (Wildman–Crippen LogP) is 5.54. The monoisotopic (exact) mass is 527 g/mol. The van der Waals surface area contributed by atoms with Gasteiger partial charge < -0.3 is 10.6 Å². The van der Waals surface area contributed by atoms with E-state index in [0.717, 1.165) is 33.3 Å². The summed E-state index contributed by atoms with van der Waals surface area (Å²) in [6.07, 6.45) is 1.59. The molecule has 2 aromatic heterocycles. The Balaban J connectivity index is 1.13. The first-order valence-electron chi connectivity index (χ1n) is 12.5. The van der Waals surface area contributed by atoms with Gasteiger partial charge in [-0.2, -0.15) is 9.61 Å². The van der Waals surface area contributed by atoms with E-state index in [2.05, 4.69) is 20.7 Å². The van der Waals surface area contributed by atoms with Gasteiger partial charge in [0.15, 0.2) is 5.65 Å². The zero-order chi connectivity index (χ0) is 26.8. The smallest absolute Gasteiger partial charge is 0.251 e. The van der Waals surface area contributed by atoms with Crippen molar-refractivity contribution in [3.05, 3.63) is 125 Å². The van der Waals surface area contributed by atoms with Gasteiger partial charge in [0.2, 0.25) is 0 Å². The third kappa shape index (κ3) is 5.22. The molecule has 0 unspecified atom stereocenters. The summed E-state index contributed by atoms with van der Waals surface area (Å²) >= 11 is 6.43. The molecule has 6 aromatic rings. The molecule has 0 bridgehead atoms. The van der Waals surface area contributed by atoms with Gasteiger partial charge in [-0.25, -0.2) is 4.98 Å². The van der Waals surface area contributed by atoms with Crippen molar-refractivity contribution in [2.75, 3.05) is 5.32 Å². The molecule has 0 saturated heterocycles. The van der Waals surface area contributed by atoms with Crippen LogP contribution in [0.15, 0.2) is 103 Å². The summed E-state index contributed by atoms with van der Waals surface area (Å²) in [6, 6.07) is 31.3. The van der Waals surface area contributed by atoms with Crippen LogP contribution < -0.4 is 16.1 Å². The number of hydrogen-bond donors (Lipinski definition) is 2. The predicted molar refractivity (Wildman–Crippen MR) is 158 cm³/mol. The van der Waals surface area contributed by atoms with Gasteiger partial charge in [-0.3, -0.25) is 4.79 Å². The Morgan fingerprint density at radius 3 is 2.36 bits per heavy atom. The Hall–Kier alpha value is -4.62. The van der Waals surface area contributed by atoms with Crippen LogP contribution in [0.25, 0.3) is 27.7 Å². The molecule has 6 rings (SSSR count). The van der Waals surface area contributed by atoms with Crippen molar-refractivity contribution in [3.8, 4) is 11.3 Å². The maximum atomic E-state index is 12.7. The number of benzene rings is 4. The van der Waals surface area contributed by atoms with Crippen molar-refractivity contribution in [1.82, 2.24) is 19.9 Å². The zero-order valence-electron chi connectivity index (χ0n) is 20.9. The summed E-state index contributed by atoms with van der Waals surface area (Å²) < 4.78 is 1.69. The molecule has 188 valence electrons. The molecule has 0 fully saturated rings. The second kappa shape index (κ2) is 10.6. The van der Waals surface area contributed by atoms with Crippen LogP contribution in [0.4, 0.5) is 5.82 Å². The van der Waals surface area contributed by atoms with Crippen molar-refractivity contribution in [2.45, 2.75) is 13.1 Å². The van der Waals surface area contributed by atoms with Crippen LogP contribution in [-0.4, -0.2) is 28.4 Å². The number of carbonyl (C=O) groups is 1. The summed E-state index contributed by atoms with van der Waals surface area (Å²) in [6.45, 7) is 1.00. The first-order valence-corrected chi connectivity index (χ1v) is 12.9. The number of aromatic nitrogens is 3. The average Bonchev–Trinajstić information content (AvgIpc) is 3.35. The van der Waals surface area contributed by atoms with Crippen LogP contribution in [0.1, 0.15) is 21.5 Å². The first-order chi connectivity index (χ1) is 19.0. The zero-order valence-corrected chi connectivity index (χ0v) is 21.7. The summed E-state index contributed by atoms with van der Waals surface area (Å²) in [7, 11) is 6.13. The number of rotatable bonds is 7. The van der Waals surface area contributed by atoms with Gasteiger partial charge in [0, 0.05) is 41.5 Å². The highest BCUT2D eigenvalue weighted by atomic mass is 35.5. The molecule has 0 spiro atoms. The Labute approximate surface area is 232 Å². The molecule has 6 nitrogen and oxygen atoms in total. The van der Waals surface area contributed by atoms with Crippen molar-refractivity contribution in [1.29, 1.82) is 0 Å². The molecule has 1 amide bonds. The van der Waals surface area contributed by atoms with E-state index in [0.29, 0.717) is 40.5 Å². The van der Waals surface area contributed by atoms with E-state index in [9.17, 15) is 4.79 Å². The van der Waals surface area contributed by atoms with Crippen LogP contribution in [0.3, 0.4) is 0 Å². The van der Waals surface area contributed by atoms with Gasteiger partial charge >= 0.3 is 0 Å². The summed E-state index contributed by atoms with van der Waals surface area (Å²) in [5.41, 5.74) is 5.31. The molecule has 0 aliphatic rings. The van der Waals surface area contributed by atoms with Gasteiger partial charge in [-0.05, 0) is 45.6 Å². The van der Waals surface area contributed by atoms with Crippen LogP contribution in [-0.2, 0) is 13.1 Å². The second-order valence-corrected chi connectivity index (χ2v) is 9.66. The largest absolute Gasteiger partial charge is 0.366 e. The molecule has 2 N–H and O–H groups in total. The molecule has 8 heteroatoms. The number of fused-ring (bicyclic) bond motifs is 2. The quantitative estimate of drug-likeness (QED) is 0.268. The number of nitrogens with one attached hydrogen (secondary N) is 2. The number of amides is 1. The van der Waals surface area contributed by atoms with Crippen molar-refractivity contribution in [2.24, 2.45) is 0 Å². The van der Waals surface area contributed by atoms with E-state index >= 15 is 0 Å². The highest BCUT2D eigenvalue weighted by molar-refractivity contribution is 6.36. The maximum Gasteiger partial charge on any atom is 0.251 e. The number of carbonyl (C=O) groups excluding carboxylic acids is 1. The topological polar surface area (TPSA) is 71.3 Å². The standard InChI is InChI=1S/C31H23BClN5O/c32-26-19-36-38-29(16-28(37-30(26)38)25-7-3-4-8-27(25)33)34-17-20-9-11-21(12-10-20)18-35-31(39)24-14-13-22-5-1-2-6-23(22)15-24/h1-16,19,34H,17-18H2,(H,35,39). The number of halogens is 1. The van der Waals surface area contributed by atoms with Gasteiger partial charge in [0.05, 0.1) is 5.69 Å². The minimum atomic E-state index is -0.0963. The molecule has 4 aromatic carbocycles. The second-order valence-electron chi connectivity index (χ2n) is 9.26. The third-order valence-corrected chi connectivity index (χ3v) is 6.94. The van der Waals surface area contributed by atoms with E-state index in [4.69, 9.17) is 19.4 Å². The van der Waals surface area contributed by atoms with Crippen LogP contribution in [0, 0.1) is 0 Å². The molecule has 0 aliphatic carbocycles. The minimum absolute atomic E-state index is 0.0963. The van der Waals surface area contributed by atoms with E-state index in [1.54, 1.807) is 10.7 Å². The number of hydrogen-bond acceptors (Lipinski definition) is 4. The highest BCUT2D eigenvalue weighted by Crippen LogP contribution is 2.28. The lowest BCUT2D eigenvalue weighted by Gasteiger charge is -2.12. The molecule has 2 radical (unpaired) electrons. The van der Waals surface area contributed by atoms with E-state index in [1.165, 1.54) is 0 Å². The molecule has 0 saturated carbocycles. The SMILES string of the molecule is [B]c1cnn2c(NCc3ccc(CNC(=O)c4ccc5ccccc5c4)cc3)cc(-c3ccccc3Cl)nc12. The normalized spacial score (nSPS) is 11.1. The van der Waals surface area contributed by atoms with E-state index < -0.39 is 0 Å². The molecule has 0 aliphatic heterocycles. The highest BCUT2D eigenvalue weighted by Gasteiger charge is 2.12. The Morgan fingerprint density at radius 2 is 1.56 bits per heavy atom. The Morgan fingerprint density at radius 1 is 0.846 bits per heavy atom. The average molecular weight is 528 g/mol. The lowest BCUT2D eigenvalue weighted by molar-refractivity contribution is 0.0951. The third-order valence-electron chi connectivity index (χ3n) is 6.61. The first kappa shape index (κ1) is 24.7. The fourth-order valence-corrected chi connectivity index (χ4v) is 4.73. The Kier molecular flexibility index (Phi) is 6.74. The maximum absolute atomic E-state index is 12.7. The lowest BCUT2D eigenvalue weighted by Crippen LogP contribution is -2.22. The van der Waals surface area contributed by atoms with Gasteiger partial charge in [-0.15, -0.1) is 0 Å². The summed E-state index contributed by atoms with van der Waals surface area (Å²) in [4.78, 5) is 17.4. The van der Waals surface area contributed by atoms with Gasteiger partial charge in [-0.1, -0.05) is 84.4 Å². The van der Waals surface area contributed by atoms with Crippen molar-refractivity contribution < 1.29 is 4.79 Å². The van der Waals surface area contributed by atoms with Gasteiger partial charge in [0.1, 0.15) is 13.7 Å². The fourth-order valence-electron chi connectivity index (χ4n) is 4.50. The van der Waals surface area contributed by atoms with Crippen molar-refractivity contribution in [3.63, 3.8) is 0 Å². The lowest BCUT2D eigenvalue weighted by atomic mass is 10.0. The van der Waals surface area contributed by atoms with Crippen LogP contribution >= 0.6 is 11.6 Å². The molecule has 39 heavy (non-hydrogen) atoms. The number of anilines is 1. The molecular weight excluding hydrogens is 505 g/mol. The molecule has 2 heterocycles. The van der Waals surface area contributed by atoms with Crippen molar-refractivity contribution >= 4 is 53.1 Å². The minimum Gasteiger partial charge on any atom is -0.366 e. The Bertz CT molecular complexity index is 1820. The summed E-state index contributed by atoms with van der Waals surface area (Å²) in [5.74, 6) is 0.652. The van der Waals surface area contributed by atoms with Crippen LogP contribution in [0.5, 0.6) is 0 Å².